The number of methoxy groups -OCH3 is 1. The highest BCUT2D eigenvalue weighted by atomic mass is 16.5. The van der Waals surface area contributed by atoms with Crippen LogP contribution in [0.5, 0.6) is 5.75 Å². The third-order valence-corrected chi connectivity index (χ3v) is 3.42. The second-order valence-corrected chi connectivity index (χ2v) is 4.91. The maximum atomic E-state index is 9.91. The van der Waals surface area contributed by atoms with Crippen molar-refractivity contribution in [1.29, 1.82) is 0 Å². The molecule has 1 heterocycles. The zero-order valence-corrected chi connectivity index (χ0v) is 10.4. The standard InChI is InChI=1S/C13H20N2O2/c1-13(16)5-7-15(8-6-13)10-3-4-11(14)12(9-10)17-2/h3-4,9,16H,5-8,14H2,1-2H3. The Balaban J connectivity index is 2.13. The molecule has 3 N–H and O–H groups in total. The van der Waals surface area contributed by atoms with E-state index in [-0.39, 0.29) is 0 Å². The molecule has 1 aliphatic heterocycles. The van der Waals surface area contributed by atoms with Crippen molar-refractivity contribution in [2.24, 2.45) is 0 Å². The predicted molar refractivity (Wildman–Crippen MR) is 69.5 cm³/mol. The number of hydrogen-bond donors (Lipinski definition) is 2. The lowest BCUT2D eigenvalue weighted by Gasteiger charge is -2.37. The smallest absolute Gasteiger partial charge is 0.143 e. The Kier molecular flexibility index (Phi) is 3.15. The normalized spacial score (nSPS) is 19.1. The van der Waals surface area contributed by atoms with Gasteiger partial charge in [0.1, 0.15) is 5.75 Å². The highest BCUT2D eigenvalue weighted by molar-refractivity contribution is 5.62. The predicted octanol–water partition coefficient (Wildman–Crippen LogP) is 1.63. The summed E-state index contributed by atoms with van der Waals surface area (Å²) in [7, 11) is 1.62. The molecule has 0 spiro atoms. The van der Waals surface area contributed by atoms with Gasteiger partial charge in [-0.15, -0.1) is 0 Å². The molecular weight excluding hydrogens is 216 g/mol. The van der Waals surface area contributed by atoms with Crippen LogP contribution in [-0.2, 0) is 0 Å². The van der Waals surface area contributed by atoms with Crippen molar-refractivity contribution < 1.29 is 9.84 Å². The summed E-state index contributed by atoms with van der Waals surface area (Å²) in [5.41, 5.74) is 7.03. The van der Waals surface area contributed by atoms with Crippen molar-refractivity contribution >= 4 is 11.4 Å². The Morgan fingerprint density at radius 1 is 1.35 bits per heavy atom. The second kappa shape index (κ2) is 4.45. The van der Waals surface area contributed by atoms with Gasteiger partial charge in [0.15, 0.2) is 0 Å². The third kappa shape index (κ3) is 2.64. The van der Waals surface area contributed by atoms with Crippen LogP contribution in [0.3, 0.4) is 0 Å². The van der Waals surface area contributed by atoms with E-state index in [1.165, 1.54) is 0 Å². The van der Waals surface area contributed by atoms with Crippen LogP contribution in [0.25, 0.3) is 0 Å². The van der Waals surface area contributed by atoms with Gasteiger partial charge in [0.25, 0.3) is 0 Å². The first-order chi connectivity index (χ1) is 8.02. The minimum Gasteiger partial charge on any atom is -0.495 e. The number of nitrogen functional groups attached to an aromatic ring is 1. The molecule has 0 atom stereocenters. The topological polar surface area (TPSA) is 58.7 Å². The fraction of sp³-hybridized carbons (Fsp3) is 0.538. The largest absolute Gasteiger partial charge is 0.495 e. The van der Waals surface area contributed by atoms with E-state index in [2.05, 4.69) is 4.90 Å². The fourth-order valence-electron chi connectivity index (χ4n) is 2.14. The van der Waals surface area contributed by atoms with Crippen LogP contribution in [0.15, 0.2) is 18.2 Å². The lowest BCUT2D eigenvalue weighted by molar-refractivity contribution is 0.0351. The molecule has 0 aromatic heterocycles. The zero-order valence-electron chi connectivity index (χ0n) is 10.4. The lowest BCUT2D eigenvalue weighted by atomic mass is 9.93. The van der Waals surface area contributed by atoms with Crippen LogP contribution in [-0.4, -0.2) is 30.9 Å². The summed E-state index contributed by atoms with van der Waals surface area (Å²) < 4.78 is 5.22. The quantitative estimate of drug-likeness (QED) is 0.766. The number of nitrogens with zero attached hydrogens (tertiary/aromatic N) is 1. The minimum absolute atomic E-state index is 0.519. The van der Waals surface area contributed by atoms with Crippen LogP contribution >= 0.6 is 0 Å². The molecule has 1 saturated heterocycles. The summed E-state index contributed by atoms with van der Waals surface area (Å²) in [5, 5.41) is 9.91. The fourth-order valence-corrected chi connectivity index (χ4v) is 2.14. The number of aliphatic hydroxyl groups is 1. The van der Waals surface area contributed by atoms with E-state index in [1.807, 2.05) is 25.1 Å². The van der Waals surface area contributed by atoms with Crippen LogP contribution in [0.1, 0.15) is 19.8 Å². The molecule has 0 amide bonds. The van der Waals surface area contributed by atoms with Crippen LogP contribution in [0.2, 0.25) is 0 Å². The number of hydrogen-bond acceptors (Lipinski definition) is 4. The molecule has 0 unspecified atom stereocenters. The summed E-state index contributed by atoms with van der Waals surface area (Å²) in [6, 6.07) is 5.81. The second-order valence-electron chi connectivity index (χ2n) is 4.91. The molecule has 1 aromatic carbocycles. The molecule has 1 aromatic rings. The van der Waals surface area contributed by atoms with Crippen molar-refractivity contribution in [2.75, 3.05) is 30.8 Å². The van der Waals surface area contributed by atoms with Gasteiger partial charge in [-0.05, 0) is 31.9 Å². The molecule has 0 bridgehead atoms. The Labute approximate surface area is 102 Å². The maximum absolute atomic E-state index is 9.91. The van der Waals surface area contributed by atoms with Gasteiger partial charge in [-0.25, -0.2) is 0 Å². The van der Waals surface area contributed by atoms with E-state index in [0.29, 0.717) is 11.4 Å². The van der Waals surface area contributed by atoms with Gasteiger partial charge in [0.05, 0.1) is 18.4 Å². The number of piperidine rings is 1. The van der Waals surface area contributed by atoms with Crippen molar-refractivity contribution in [2.45, 2.75) is 25.4 Å². The molecule has 1 fully saturated rings. The molecule has 0 saturated carbocycles. The Morgan fingerprint density at radius 2 is 2.00 bits per heavy atom. The Morgan fingerprint density at radius 3 is 2.59 bits per heavy atom. The molecule has 2 rings (SSSR count). The third-order valence-electron chi connectivity index (χ3n) is 3.42. The van der Waals surface area contributed by atoms with Crippen molar-refractivity contribution in [3.05, 3.63) is 18.2 Å². The molecule has 0 aliphatic carbocycles. The number of benzene rings is 1. The number of rotatable bonds is 2. The maximum Gasteiger partial charge on any atom is 0.143 e. The Hall–Kier alpha value is -1.42. The first-order valence-electron chi connectivity index (χ1n) is 5.93. The van der Waals surface area contributed by atoms with E-state index in [0.717, 1.165) is 31.6 Å². The van der Waals surface area contributed by atoms with E-state index in [1.54, 1.807) is 7.11 Å². The molecule has 1 aliphatic rings. The van der Waals surface area contributed by atoms with E-state index >= 15 is 0 Å². The zero-order chi connectivity index (χ0) is 12.5. The number of ether oxygens (including phenoxy) is 1. The number of anilines is 2. The molecule has 17 heavy (non-hydrogen) atoms. The van der Waals surface area contributed by atoms with Crippen LogP contribution in [0.4, 0.5) is 11.4 Å². The van der Waals surface area contributed by atoms with Crippen molar-refractivity contribution in [3.8, 4) is 5.75 Å². The van der Waals surface area contributed by atoms with Gasteiger partial charge in [-0.2, -0.15) is 0 Å². The van der Waals surface area contributed by atoms with Crippen LogP contribution < -0.4 is 15.4 Å². The van der Waals surface area contributed by atoms with E-state index in [4.69, 9.17) is 10.5 Å². The monoisotopic (exact) mass is 236 g/mol. The van der Waals surface area contributed by atoms with Crippen molar-refractivity contribution in [1.82, 2.24) is 0 Å². The molecule has 4 nitrogen and oxygen atoms in total. The summed E-state index contributed by atoms with van der Waals surface area (Å²) in [6.07, 6.45) is 1.58. The molecule has 0 radical (unpaired) electrons. The summed E-state index contributed by atoms with van der Waals surface area (Å²) in [6.45, 7) is 3.62. The average molecular weight is 236 g/mol. The van der Waals surface area contributed by atoms with Gasteiger partial charge >= 0.3 is 0 Å². The van der Waals surface area contributed by atoms with Crippen LogP contribution in [0, 0.1) is 0 Å². The van der Waals surface area contributed by atoms with Gasteiger partial charge in [0, 0.05) is 24.8 Å². The minimum atomic E-state index is -0.519. The summed E-state index contributed by atoms with van der Waals surface area (Å²) in [4.78, 5) is 2.25. The van der Waals surface area contributed by atoms with Gasteiger partial charge in [-0.3, -0.25) is 0 Å². The number of nitrogens with two attached hydrogens (primary N) is 1. The first kappa shape index (κ1) is 12.0. The summed E-state index contributed by atoms with van der Waals surface area (Å²) >= 11 is 0. The highest BCUT2D eigenvalue weighted by Gasteiger charge is 2.27. The van der Waals surface area contributed by atoms with Crippen molar-refractivity contribution in [3.63, 3.8) is 0 Å². The van der Waals surface area contributed by atoms with E-state index < -0.39 is 5.60 Å². The van der Waals surface area contributed by atoms with Gasteiger partial charge in [0.2, 0.25) is 0 Å². The highest BCUT2D eigenvalue weighted by Crippen LogP contribution is 2.30. The van der Waals surface area contributed by atoms with Gasteiger partial charge < -0.3 is 20.5 Å². The average Bonchev–Trinajstić information content (AvgIpc) is 2.30. The molecular formula is C13H20N2O2. The SMILES string of the molecule is COc1cc(N2CCC(C)(O)CC2)ccc1N. The lowest BCUT2D eigenvalue weighted by Crippen LogP contribution is -2.42. The van der Waals surface area contributed by atoms with E-state index in [9.17, 15) is 5.11 Å². The summed E-state index contributed by atoms with van der Waals surface area (Å²) in [5.74, 6) is 0.708. The molecule has 4 heteroatoms. The molecule has 94 valence electrons. The van der Waals surface area contributed by atoms with Gasteiger partial charge in [-0.1, -0.05) is 0 Å². The Bertz CT molecular complexity index is 394. The first-order valence-corrected chi connectivity index (χ1v) is 5.93.